The summed E-state index contributed by atoms with van der Waals surface area (Å²) < 4.78 is 7.19. The van der Waals surface area contributed by atoms with Crippen LogP contribution in [0.5, 0.6) is 0 Å². The van der Waals surface area contributed by atoms with Gasteiger partial charge in [-0.2, -0.15) is 0 Å². The Morgan fingerprint density at radius 3 is 2.78 bits per heavy atom. The van der Waals surface area contributed by atoms with Gasteiger partial charge in [-0.1, -0.05) is 53.2 Å². The number of carbonyl (C=O) groups excluding carboxylic acids is 1. The molecule has 7 heteroatoms. The van der Waals surface area contributed by atoms with Crippen LogP contribution >= 0.6 is 11.6 Å². The molecule has 0 spiro atoms. The molecule has 1 fully saturated rings. The molecule has 4 aromatic rings. The average Bonchev–Trinajstić information content (AvgIpc) is 3.16. The van der Waals surface area contributed by atoms with E-state index >= 15 is 0 Å². The molecule has 2 aromatic carbocycles. The van der Waals surface area contributed by atoms with Crippen LogP contribution in [-0.2, 0) is 11.2 Å². The Bertz CT molecular complexity index is 1360. The summed E-state index contributed by atoms with van der Waals surface area (Å²) in [6.45, 7) is 1.75. The second-order valence-corrected chi connectivity index (χ2v) is 8.93. The van der Waals surface area contributed by atoms with Crippen molar-refractivity contribution in [3.05, 3.63) is 75.2 Å². The number of rotatable bonds is 4. The molecule has 1 aliphatic carbocycles. The van der Waals surface area contributed by atoms with Gasteiger partial charge in [-0.05, 0) is 50.3 Å². The highest BCUT2D eigenvalue weighted by Gasteiger charge is 2.28. The maximum Gasteiger partial charge on any atom is 0.264 e. The molecule has 2 unspecified atom stereocenters. The molecule has 0 radical (unpaired) electrons. The molecule has 1 N–H and O–H groups in total. The van der Waals surface area contributed by atoms with E-state index in [-0.39, 0.29) is 23.6 Å². The number of fused-ring (bicyclic) bond motifs is 3. The molecular weight excluding hydrogens is 426 g/mol. The summed E-state index contributed by atoms with van der Waals surface area (Å²) >= 11 is 6.53. The summed E-state index contributed by atoms with van der Waals surface area (Å²) in [4.78, 5) is 26.2. The second kappa shape index (κ2) is 8.43. The molecule has 1 amide bonds. The number of aryl methyl sites for hydroxylation is 1. The average molecular weight is 450 g/mol. The first-order valence-corrected chi connectivity index (χ1v) is 11.3. The number of benzene rings is 2. The summed E-state index contributed by atoms with van der Waals surface area (Å²) in [6, 6.07) is 15.2. The van der Waals surface area contributed by atoms with Crippen molar-refractivity contribution in [1.82, 2.24) is 15.0 Å². The Morgan fingerprint density at radius 2 is 1.97 bits per heavy atom. The highest BCUT2D eigenvalue weighted by Crippen LogP contribution is 2.35. The van der Waals surface area contributed by atoms with Gasteiger partial charge >= 0.3 is 0 Å². The fraction of sp³-hybridized carbons (Fsp3) is 0.320. The molecule has 0 bridgehead atoms. The van der Waals surface area contributed by atoms with E-state index in [9.17, 15) is 9.59 Å². The molecule has 0 saturated heterocycles. The smallest absolute Gasteiger partial charge is 0.264 e. The van der Waals surface area contributed by atoms with Gasteiger partial charge in [-0.3, -0.25) is 9.59 Å². The van der Waals surface area contributed by atoms with Crippen LogP contribution < -0.4 is 10.9 Å². The van der Waals surface area contributed by atoms with Crippen LogP contribution in [0.15, 0.2) is 57.8 Å². The van der Waals surface area contributed by atoms with E-state index in [0.717, 1.165) is 35.7 Å². The fourth-order valence-corrected chi connectivity index (χ4v) is 5.18. The van der Waals surface area contributed by atoms with Gasteiger partial charge in [0.25, 0.3) is 5.56 Å². The molecule has 2 atom stereocenters. The highest BCUT2D eigenvalue weighted by molar-refractivity contribution is 6.37. The minimum absolute atomic E-state index is 0.00688. The minimum atomic E-state index is -0.116. The van der Waals surface area contributed by atoms with E-state index in [2.05, 4.69) is 10.5 Å². The Kier molecular flexibility index (Phi) is 5.47. The van der Waals surface area contributed by atoms with E-state index in [4.69, 9.17) is 16.1 Å². The normalized spacial score (nSPS) is 18.8. The first-order chi connectivity index (χ1) is 15.5. The number of nitrogens with zero attached hydrogens (tertiary/aromatic N) is 2. The number of amides is 1. The Morgan fingerprint density at radius 1 is 1.16 bits per heavy atom. The van der Waals surface area contributed by atoms with E-state index in [1.807, 2.05) is 47.0 Å². The maximum atomic E-state index is 13.5. The van der Waals surface area contributed by atoms with Crippen molar-refractivity contribution in [2.75, 3.05) is 0 Å². The number of nitrogens with one attached hydrogen (secondary N) is 1. The van der Waals surface area contributed by atoms with E-state index in [0.29, 0.717) is 34.5 Å². The summed E-state index contributed by atoms with van der Waals surface area (Å²) in [5, 5.41) is 9.04. The third-order valence-corrected chi connectivity index (χ3v) is 6.68. The number of hydrogen-bond donors (Lipinski definition) is 1. The van der Waals surface area contributed by atoms with Gasteiger partial charge in [0.15, 0.2) is 0 Å². The van der Waals surface area contributed by atoms with Gasteiger partial charge in [0.05, 0.1) is 17.0 Å². The largest absolute Gasteiger partial charge is 0.360 e. The molecule has 32 heavy (non-hydrogen) atoms. The molecule has 1 aliphatic rings. The molecule has 5 rings (SSSR count). The molecule has 164 valence electrons. The van der Waals surface area contributed by atoms with Gasteiger partial charge in [0.1, 0.15) is 16.7 Å². The predicted octanol–water partition coefficient (Wildman–Crippen LogP) is 4.95. The van der Waals surface area contributed by atoms with Crippen LogP contribution in [0.3, 0.4) is 0 Å². The second-order valence-electron chi connectivity index (χ2n) is 8.52. The van der Waals surface area contributed by atoms with Gasteiger partial charge < -0.3 is 14.4 Å². The lowest BCUT2D eigenvalue weighted by Crippen LogP contribution is -2.41. The van der Waals surface area contributed by atoms with Gasteiger partial charge in [0.2, 0.25) is 5.91 Å². The number of pyridine rings is 1. The lowest BCUT2D eigenvalue weighted by Gasteiger charge is -2.32. The third kappa shape index (κ3) is 3.69. The van der Waals surface area contributed by atoms with Gasteiger partial charge in [0, 0.05) is 17.5 Å². The standard InChI is InChI=1S/C25H24ClN3O3/c1-15-22-24(28-32-15)23-19(26)11-6-12-20(23)29(25(22)31)18-10-5-9-17(14-18)27-21(30)13-16-7-3-2-4-8-16/h2-4,6-8,11-12,17-18H,5,9-10,13-14H2,1H3,(H,27,30). The van der Waals surface area contributed by atoms with Crippen molar-refractivity contribution >= 4 is 39.3 Å². The summed E-state index contributed by atoms with van der Waals surface area (Å²) in [5.74, 6) is 0.497. The van der Waals surface area contributed by atoms with Gasteiger partial charge in [-0.25, -0.2) is 0 Å². The Hall–Kier alpha value is -3.12. The first kappa shape index (κ1) is 20.8. The number of hydrogen-bond acceptors (Lipinski definition) is 4. The van der Waals surface area contributed by atoms with E-state index < -0.39 is 0 Å². The molecule has 2 aromatic heterocycles. The molecule has 1 saturated carbocycles. The number of halogens is 1. The molecule has 2 heterocycles. The van der Waals surface area contributed by atoms with E-state index in [1.165, 1.54) is 0 Å². The van der Waals surface area contributed by atoms with Gasteiger partial charge in [-0.15, -0.1) is 0 Å². The third-order valence-electron chi connectivity index (χ3n) is 6.37. The van der Waals surface area contributed by atoms with Crippen LogP contribution in [0, 0.1) is 6.92 Å². The quantitative estimate of drug-likeness (QED) is 0.478. The molecule has 6 nitrogen and oxygen atoms in total. The lowest BCUT2D eigenvalue weighted by atomic mass is 9.90. The SMILES string of the molecule is Cc1onc2c1c(=O)n(C1CCCC(NC(=O)Cc3ccccc3)C1)c1cccc(Cl)c21. The van der Waals surface area contributed by atoms with Crippen LogP contribution in [0.4, 0.5) is 0 Å². The fourth-order valence-electron chi connectivity index (χ4n) is 4.92. The number of carbonyl (C=O) groups is 1. The zero-order valence-corrected chi connectivity index (χ0v) is 18.6. The summed E-state index contributed by atoms with van der Waals surface area (Å²) in [5.41, 5.74) is 2.13. The van der Waals surface area contributed by atoms with Crippen LogP contribution in [0.25, 0.3) is 21.8 Å². The van der Waals surface area contributed by atoms with Crippen molar-refractivity contribution in [1.29, 1.82) is 0 Å². The van der Waals surface area contributed by atoms with Crippen molar-refractivity contribution in [2.24, 2.45) is 0 Å². The Balaban J connectivity index is 1.48. The summed E-state index contributed by atoms with van der Waals surface area (Å²) in [6.07, 6.45) is 3.74. The minimum Gasteiger partial charge on any atom is -0.360 e. The lowest BCUT2D eigenvalue weighted by molar-refractivity contribution is -0.121. The zero-order chi connectivity index (χ0) is 22.2. The highest BCUT2D eigenvalue weighted by atomic mass is 35.5. The topological polar surface area (TPSA) is 77.1 Å². The summed E-state index contributed by atoms with van der Waals surface area (Å²) in [7, 11) is 0. The number of aromatic nitrogens is 2. The zero-order valence-electron chi connectivity index (χ0n) is 17.8. The van der Waals surface area contributed by atoms with Crippen LogP contribution in [0.2, 0.25) is 5.02 Å². The predicted molar refractivity (Wildman–Crippen MR) is 125 cm³/mol. The van der Waals surface area contributed by atoms with Crippen molar-refractivity contribution in [2.45, 2.75) is 51.1 Å². The van der Waals surface area contributed by atoms with Crippen molar-refractivity contribution in [3.63, 3.8) is 0 Å². The van der Waals surface area contributed by atoms with Crippen molar-refractivity contribution in [3.8, 4) is 0 Å². The van der Waals surface area contributed by atoms with Crippen LogP contribution in [0.1, 0.15) is 43.0 Å². The van der Waals surface area contributed by atoms with Crippen molar-refractivity contribution < 1.29 is 9.32 Å². The van der Waals surface area contributed by atoms with E-state index in [1.54, 1.807) is 13.0 Å². The Labute approximate surface area is 190 Å². The maximum absolute atomic E-state index is 13.5. The first-order valence-electron chi connectivity index (χ1n) is 10.9. The molecule has 0 aliphatic heterocycles. The monoisotopic (exact) mass is 449 g/mol. The molecular formula is C25H24ClN3O3. The van der Waals surface area contributed by atoms with Crippen LogP contribution in [-0.4, -0.2) is 21.7 Å².